The summed E-state index contributed by atoms with van der Waals surface area (Å²) in [6.07, 6.45) is 0. The molecule has 7 heteroatoms. The molecule has 2 aromatic carbocycles. The second kappa shape index (κ2) is 7.81. The summed E-state index contributed by atoms with van der Waals surface area (Å²) in [5.41, 5.74) is 2.01. The van der Waals surface area contributed by atoms with E-state index in [1.54, 1.807) is 24.3 Å². The molecule has 0 spiro atoms. The maximum absolute atomic E-state index is 11.8. The highest BCUT2D eigenvalue weighted by Crippen LogP contribution is 2.17. The van der Waals surface area contributed by atoms with Gasteiger partial charge in [-0.1, -0.05) is 52.7 Å². The molecule has 0 atom stereocenters. The molecule has 25 heavy (non-hydrogen) atoms. The Labute approximate surface area is 149 Å². The average molecular weight is 358 g/mol. The Morgan fingerprint density at radius 1 is 1.24 bits per heavy atom. The lowest BCUT2D eigenvalue weighted by Crippen LogP contribution is -2.28. The molecule has 0 saturated carbocycles. The number of carbonyl (C=O) groups is 1. The third-order valence-electron chi connectivity index (χ3n) is 3.38. The van der Waals surface area contributed by atoms with Crippen molar-refractivity contribution >= 4 is 17.5 Å². The van der Waals surface area contributed by atoms with Gasteiger partial charge in [-0.2, -0.15) is 4.98 Å². The highest BCUT2D eigenvalue weighted by Gasteiger charge is 2.10. The second-order valence-electron chi connectivity index (χ2n) is 5.40. The fraction of sp³-hybridized carbons (Fsp3) is 0.167. The van der Waals surface area contributed by atoms with Crippen LogP contribution in [0, 0.1) is 6.92 Å². The molecule has 0 bridgehead atoms. The van der Waals surface area contributed by atoms with Gasteiger partial charge >= 0.3 is 0 Å². The van der Waals surface area contributed by atoms with Gasteiger partial charge in [-0.25, -0.2) is 0 Å². The maximum atomic E-state index is 11.8. The van der Waals surface area contributed by atoms with Crippen LogP contribution < -0.4 is 10.1 Å². The normalized spacial score (nSPS) is 10.5. The van der Waals surface area contributed by atoms with Gasteiger partial charge in [-0.05, 0) is 25.1 Å². The number of amides is 1. The van der Waals surface area contributed by atoms with Crippen LogP contribution in [0.5, 0.6) is 5.75 Å². The van der Waals surface area contributed by atoms with Gasteiger partial charge in [0.25, 0.3) is 5.91 Å². The van der Waals surface area contributed by atoms with Crippen LogP contribution in [0.1, 0.15) is 11.5 Å². The first-order valence-corrected chi connectivity index (χ1v) is 8.02. The first kappa shape index (κ1) is 17.0. The van der Waals surface area contributed by atoms with Crippen LogP contribution in [0.15, 0.2) is 53.1 Å². The zero-order valence-corrected chi connectivity index (χ0v) is 14.3. The summed E-state index contributed by atoms with van der Waals surface area (Å²) in [6.45, 7) is 2.02. The highest BCUT2D eigenvalue weighted by atomic mass is 35.5. The van der Waals surface area contributed by atoms with Gasteiger partial charge in [0.2, 0.25) is 11.7 Å². The third kappa shape index (κ3) is 4.81. The van der Waals surface area contributed by atoms with E-state index in [2.05, 4.69) is 15.5 Å². The molecule has 0 unspecified atom stereocenters. The summed E-state index contributed by atoms with van der Waals surface area (Å²) in [7, 11) is 0. The summed E-state index contributed by atoms with van der Waals surface area (Å²) in [5.74, 6) is 1.04. The number of halogens is 1. The third-order valence-corrected chi connectivity index (χ3v) is 3.62. The molecule has 1 N–H and O–H groups in total. The van der Waals surface area contributed by atoms with Gasteiger partial charge in [0.15, 0.2) is 6.61 Å². The molecule has 0 aliphatic rings. The van der Waals surface area contributed by atoms with Crippen LogP contribution in [0.3, 0.4) is 0 Å². The van der Waals surface area contributed by atoms with Gasteiger partial charge in [-0.3, -0.25) is 4.79 Å². The largest absolute Gasteiger partial charge is 0.484 e. The number of nitrogens with zero attached hydrogens (tertiary/aromatic N) is 2. The molecule has 128 valence electrons. The number of nitrogens with one attached hydrogen (secondary N) is 1. The minimum absolute atomic E-state index is 0.126. The van der Waals surface area contributed by atoms with Gasteiger partial charge in [-0.15, -0.1) is 0 Å². The Balaban J connectivity index is 1.50. The van der Waals surface area contributed by atoms with Crippen molar-refractivity contribution in [2.24, 2.45) is 0 Å². The minimum atomic E-state index is -0.296. The average Bonchev–Trinajstić information content (AvgIpc) is 3.08. The van der Waals surface area contributed by atoms with E-state index in [0.29, 0.717) is 22.5 Å². The monoisotopic (exact) mass is 357 g/mol. The van der Waals surface area contributed by atoms with Crippen molar-refractivity contribution in [1.29, 1.82) is 0 Å². The quantitative estimate of drug-likeness (QED) is 0.731. The number of aromatic nitrogens is 2. The Hall–Kier alpha value is -2.86. The number of ether oxygens (including phenoxy) is 1. The van der Waals surface area contributed by atoms with Crippen LogP contribution in [-0.4, -0.2) is 22.7 Å². The lowest BCUT2D eigenvalue weighted by molar-refractivity contribution is -0.123. The fourth-order valence-corrected chi connectivity index (χ4v) is 2.26. The van der Waals surface area contributed by atoms with Crippen molar-refractivity contribution in [2.45, 2.75) is 13.5 Å². The Morgan fingerprint density at radius 3 is 2.80 bits per heavy atom. The van der Waals surface area contributed by atoms with E-state index in [9.17, 15) is 4.79 Å². The molecule has 0 aliphatic carbocycles. The predicted molar refractivity (Wildman–Crippen MR) is 93.3 cm³/mol. The zero-order chi connectivity index (χ0) is 17.6. The first-order chi connectivity index (χ1) is 12.1. The zero-order valence-electron chi connectivity index (χ0n) is 13.5. The minimum Gasteiger partial charge on any atom is -0.484 e. The number of hydrogen-bond acceptors (Lipinski definition) is 5. The summed E-state index contributed by atoms with van der Waals surface area (Å²) in [6, 6.07) is 14.6. The van der Waals surface area contributed by atoms with Crippen LogP contribution >= 0.6 is 11.6 Å². The molecule has 0 fully saturated rings. The smallest absolute Gasteiger partial charge is 0.258 e. The second-order valence-corrected chi connectivity index (χ2v) is 5.84. The van der Waals surface area contributed by atoms with E-state index in [4.69, 9.17) is 20.9 Å². The highest BCUT2D eigenvalue weighted by molar-refractivity contribution is 6.30. The van der Waals surface area contributed by atoms with E-state index < -0.39 is 0 Å². The van der Waals surface area contributed by atoms with E-state index >= 15 is 0 Å². The molecule has 0 saturated heterocycles. The van der Waals surface area contributed by atoms with Gasteiger partial charge < -0.3 is 14.6 Å². The molecule has 0 radical (unpaired) electrons. The fourth-order valence-electron chi connectivity index (χ4n) is 2.08. The van der Waals surface area contributed by atoms with Crippen LogP contribution in [-0.2, 0) is 11.3 Å². The van der Waals surface area contributed by atoms with Crippen molar-refractivity contribution < 1.29 is 14.1 Å². The molecular formula is C18H16ClN3O3. The first-order valence-electron chi connectivity index (χ1n) is 7.65. The van der Waals surface area contributed by atoms with Gasteiger partial charge in [0.1, 0.15) is 5.75 Å². The van der Waals surface area contributed by atoms with E-state index in [1.807, 2.05) is 31.2 Å². The van der Waals surface area contributed by atoms with E-state index in [1.165, 1.54) is 0 Å². The molecule has 6 nitrogen and oxygen atoms in total. The topological polar surface area (TPSA) is 77.2 Å². The summed E-state index contributed by atoms with van der Waals surface area (Å²) in [4.78, 5) is 16.1. The maximum Gasteiger partial charge on any atom is 0.258 e. The number of benzene rings is 2. The number of hydrogen-bond donors (Lipinski definition) is 1. The molecule has 3 aromatic rings. The summed E-state index contributed by atoms with van der Waals surface area (Å²) in [5, 5.41) is 7.13. The molecular weight excluding hydrogens is 342 g/mol. The van der Waals surface area contributed by atoms with Gasteiger partial charge in [0, 0.05) is 10.6 Å². The Bertz CT molecular complexity index is 862. The van der Waals surface area contributed by atoms with E-state index in [0.717, 1.165) is 11.1 Å². The van der Waals surface area contributed by atoms with Crippen LogP contribution in [0.25, 0.3) is 11.4 Å². The standard InChI is InChI=1S/C18H16ClN3O3/c1-12-5-7-13(8-6-12)18-21-17(25-22-18)10-20-16(23)11-24-15-4-2-3-14(19)9-15/h2-9H,10-11H2,1H3,(H,20,23). The molecule has 1 amide bonds. The molecule has 3 rings (SSSR count). The van der Waals surface area contributed by atoms with Gasteiger partial charge in [0.05, 0.1) is 6.54 Å². The Morgan fingerprint density at radius 2 is 2.04 bits per heavy atom. The van der Waals surface area contributed by atoms with Crippen molar-refractivity contribution in [1.82, 2.24) is 15.5 Å². The summed E-state index contributed by atoms with van der Waals surface area (Å²) < 4.78 is 10.5. The van der Waals surface area contributed by atoms with Crippen molar-refractivity contribution in [2.75, 3.05) is 6.61 Å². The lowest BCUT2D eigenvalue weighted by Gasteiger charge is -2.06. The lowest BCUT2D eigenvalue weighted by atomic mass is 10.1. The number of aryl methyl sites for hydroxylation is 1. The molecule has 1 heterocycles. The molecule has 0 aliphatic heterocycles. The predicted octanol–water partition coefficient (Wildman–Crippen LogP) is 3.39. The number of carbonyl (C=O) groups excluding carboxylic acids is 1. The Kier molecular flexibility index (Phi) is 5.30. The van der Waals surface area contributed by atoms with Crippen LogP contribution in [0.4, 0.5) is 0 Å². The SMILES string of the molecule is Cc1ccc(-c2noc(CNC(=O)COc3cccc(Cl)c3)n2)cc1. The van der Waals surface area contributed by atoms with Crippen molar-refractivity contribution in [3.05, 3.63) is 65.0 Å². The van der Waals surface area contributed by atoms with Crippen LogP contribution in [0.2, 0.25) is 5.02 Å². The van der Waals surface area contributed by atoms with Crippen molar-refractivity contribution in [3.8, 4) is 17.1 Å². The van der Waals surface area contributed by atoms with Crippen molar-refractivity contribution in [3.63, 3.8) is 0 Å². The van der Waals surface area contributed by atoms with E-state index in [-0.39, 0.29) is 19.1 Å². The molecule has 1 aromatic heterocycles. The number of rotatable bonds is 6. The summed E-state index contributed by atoms with van der Waals surface area (Å²) >= 11 is 5.85.